The molecule has 23 heavy (non-hydrogen) atoms. The molecule has 1 aliphatic rings. The third-order valence-corrected chi connectivity index (χ3v) is 3.92. The average Bonchev–Trinajstić information content (AvgIpc) is 2.55. The fraction of sp³-hybridized carbons (Fsp3) is 0.312. The van der Waals surface area contributed by atoms with Crippen molar-refractivity contribution in [2.75, 3.05) is 41.7 Å². The molecular formula is C16H17F3N4. The zero-order valence-electron chi connectivity index (χ0n) is 12.4. The van der Waals surface area contributed by atoms with E-state index in [0.717, 1.165) is 11.9 Å². The Balaban J connectivity index is 1.74. The van der Waals surface area contributed by atoms with Crippen molar-refractivity contribution in [1.82, 2.24) is 4.98 Å². The molecule has 2 aromatic rings. The molecule has 0 spiro atoms. The summed E-state index contributed by atoms with van der Waals surface area (Å²) in [5, 5.41) is 0. The fourth-order valence-corrected chi connectivity index (χ4v) is 2.75. The van der Waals surface area contributed by atoms with Gasteiger partial charge in [-0.05, 0) is 24.3 Å². The van der Waals surface area contributed by atoms with Crippen LogP contribution in [0.3, 0.4) is 0 Å². The Morgan fingerprint density at radius 1 is 0.913 bits per heavy atom. The molecule has 7 heteroatoms. The van der Waals surface area contributed by atoms with Gasteiger partial charge in [0.25, 0.3) is 0 Å². The van der Waals surface area contributed by atoms with Crippen LogP contribution in [0.4, 0.5) is 30.4 Å². The number of alkyl halides is 3. The van der Waals surface area contributed by atoms with Crippen molar-refractivity contribution < 1.29 is 13.2 Å². The van der Waals surface area contributed by atoms with E-state index in [1.54, 1.807) is 23.2 Å². The number of anilines is 3. The van der Waals surface area contributed by atoms with Crippen LogP contribution < -0.4 is 15.5 Å². The van der Waals surface area contributed by atoms with Crippen LogP contribution in [0.15, 0.2) is 42.6 Å². The van der Waals surface area contributed by atoms with E-state index < -0.39 is 11.7 Å². The molecule has 1 aliphatic heterocycles. The van der Waals surface area contributed by atoms with E-state index >= 15 is 0 Å². The number of rotatable bonds is 2. The van der Waals surface area contributed by atoms with Crippen molar-refractivity contribution in [3.63, 3.8) is 0 Å². The van der Waals surface area contributed by atoms with Crippen LogP contribution in [-0.2, 0) is 6.18 Å². The maximum Gasteiger partial charge on any atom is 0.418 e. The monoisotopic (exact) mass is 322 g/mol. The highest BCUT2D eigenvalue weighted by Crippen LogP contribution is 2.36. The predicted molar refractivity (Wildman–Crippen MR) is 84.5 cm³/mol. The number of hydrogen-bond acceptors (Lipinski definition) is 4. The van der Waals surface area contributed by atoms with Crippen LogP contribution in [0.1, 0.15) is 5.56 Å². The van der Waals surface area contributed by atoms with Gasteiger partial charge in [0, 0.05) is 31.9 Å². The number of hydrogen-bond donors (Lipinski definition) is 1. The Morgan fingerprint density at radius 3 is 2.17 bits per heavy atom. The molecule has 0 atom stereocenters. The summed E-state index contributed by atoms with van der Waals surface area (Å²) in [4.78, 5) is 8.08. The van der Waals surface area contributed by atoms with Gasteiger partial charge in [-0.2, -0.15) is 13.2 Å². The van der Waals surface area contributed by atoms with Crippen molar-refractivity contribution in [3.8, 4) is 0 Å². The Bertz CT molecular complexity index is 662. The molecule has 4 nitrogen and oxygen atoms in total. The van der Waals surface area contributed by atoms with Crippen LogP contribution in [0.2, 0.25) is 0 Å². The highest BCUT2D eigenvalue weighted by atomic mass is 19.4. The highest BCUT2D eigenvalue weighted by Gasteiger charge is 2.35. The zero-order valence-corrected chi connectivity index (χ0v) is 12.4. The van der Waals surface area contributed by atoms with Crippen molar-refractivity contribution >= 4 is 17.2 Å². The lowest BCUT2D eigenvalue weighted by Gasteiger charge is -2.37. The minimum Gasteiger partial charge on any atom is -0.397 e. The number of piperazine rings is 1. The first-order valence-corrected chi connectivity index (χ1v) is 7.33. The molecule has 0 bridgehead atoms. The summed E-state index contributed by atoms with van der Waals surface area (Å²) < 4.78 is 39.4. The second-order valence-corrected chi connectivity index (χ2v) is 5.44. The lowest BCUT2D eigenvalue weighted by atomic mass is 10.1. The number of nitrogens with zero attached hydrogens (tertiary/aromatic N) is 3. The van der Waals surface area contributed by atoms with E-state index in [9.17, 15) is 13.2 Å². The third-order valence-electron chi connectivity index (χ3n) is 3.92. The molecule has 1 aromatic carbocycles. The second kappa shape index (κ2) is 5.98. The van der Waals surface area contributed by atoms with Gasteiger partial charge >= 0.3 is 6.18 Å². The summed E-state index contributed by atoms with van der Waals surface area (Å²) in [5.41, 5.74) is 5.86. The third kappa shape index (κ3) is 3.33. The van der Waals surface area contributed by atoms with Gasteiger partial charge in [0.05, 0.1) is 17.4 Å². The van der Waals surface area contributed by atoms with Crippen LogP contribution >= 0.6 is 0 Å². The van der Waals surface area contributed by atoms with Gasteiger partial charge in [0.15, 0.2) is 0 Å². The summed E-state index contributed by atoms with van der Waals surface area (Å²) in [6, 6.07) is 9.31. The van der Waals surface area contributed by atoms with Gasteiger partial charge in [-0.25, -0.2) is 4.98 Å². The van der Waals surface area contributed by atoms with Crippen molar-refractivity contribution in [1.29, 1.82) is 0 Å². The van der Waals surface area contributed by atoms with E-state index in [1.165, 1.54) is 12.1 Å². The van der Waals surface area contributed by atoms with Crippen molar-refractivity contribution in [3.05, 3.63) is 48.2 Å². The number of halogens is 3. The molecule has 0 amide bonds. The smallest absolute Gasteiger partial charge is 0.397 e. The number of benzene rings is 1. The first kappa shape index (κ1) is 15.5. The standard InChI is InChI=1S/C16H17F3N4/c17-16(18,19)13-3-1-2-4-14(13)22-7-9-23(10-8-22)15-6-5-12(20)11-21-15/h1-6,11H,7-10,20H2. The zero-order chi connectivity index (χ0) is 16.4. The summed E-state index contributed by atoms with van der Waals surface area (Å²) in [6.07, 6.45) is -2.76. The Morgan fingerprint density at radius 2 is 1.57 bits per heavy atom. The van der Waals surface area contributed by atoms with Gasteiger partial charge in [-0.15, -0.1) is 0 Å². The second-order valence-electron chi connectivity index (χ2n) is 5.44. The number of pyridine rings is 1. The average molecular weight is 322 g/mol. The molecule has 122 valence electrons. The largest absolute Gasteiger partial charge is 0.418 e. The molecule has 0 aliphatic carbocycles. The number of aromatic nitrogens is 1. The van der Waals surface area contributed by atoms with E-state index in [4.69, 9.17) is 5.73 Å². The lowest BCUT2D eigenvalue weighted by molar-refractivity contribution is -0.137. The molecule has 1 saturated heterocycles. The number of nitrogens with two attached hydrogens (primary N) is 1. The van der Waals surface area contributed by atoms with Crippen LogP contribution in [0, 0.1) is 0 Å². The minimum absolute atomic E-state index is 0.241. The molecule has 1 fully saturated rings. The van der Waals surface area contributed by atoms with E-state index in [1.807, 2.05) is 11.0 Å². The van der Waals surface area contributed by atoms with Crippen LogP contribution in [0.5, 0.6) is 0 Å². The molecule has 1 aromatic heterocycles. The number of para-hydroxylation sites is 1. The Kier molecular flexibility index (Phi) is 4.02. The van der Waals surface area contributed by atoms with Gasteiger partial charge in [0.2, 0.25) is 0 Å². The van der Waals surface area contributed by atoms with E-state index in [0.29, 0.717) is 31.9 Å². The van der Waals surface area contributed by atoms with Crippen molar-refractivity contribution in [2.45, 2.75) is 6.18 Å². The predicted octanol–water partition coefficient (Wildman–Crippen LogP) is 3.01. The quantitative estimate of drug-likeness (QED) is 0.923. The molecular weight excluding hydrogens is 305 g/mol. The first-order valence-electron chi connectivity index (χ1n) is 7.33. The highest BCUT2D eigenvalue weighted by molar-refractivity contribution is 5.56. The van der Waals surface area contributed by atoms with Gasteiger partial charge < -0.3 is 15.5 Å². The summed E-state index contributed by atoms with van der Waals surface area (Å²) in [6.45, 7) is 2.25. The van der Waals surface area contributed by atoms with Crippen LogP contribution in [0.25, 0.3) is 0 Å². The molecule has 2 N–H and O–H groups in total. The van der Waals surface area contributed by atoms with Gasteiger partial charge in [-0.3, -0.25) is 0 Å². The van der Waals surface area contributed by atoms with Crippen molar-refractivity contribution in [2.24, 2.45) is 0 Å². The first-order chi connectivity index (χ1) is 10.9. The van der Waals surface area contributed by atoms with E-state index in [2.05, 4.69) is 4.98 Å². The molecule has 0 radical (unpaired) electrons. The molecule has 2 heterocycles. The summed E-state index contributed by atoms with van der Waals surface area (Å²) in [7, 11) is 0. The normalized spacial score (nSPS) is 15.8. The lowest BCUT2D eigenvalue weighted by Crippen LogP contribution is -2.47. The Labute approximate surface area is 132 Å². The minimum atomic E-state index is -4.34. The maximum atomic E-state index is 13.1. The van der Waals surface area contributed by atoms with Gasteiger partial charge in [-0.1, -0.05) is 12.1 Å². The summed E-state index contributed by atoms with van der Waals surface area (Å²) in [5.74, 6) is 0.794. The summed E-state index contributed by atoms with van der Waals surface area (Å²) >= 11 is 0. The Hall–Kier alpha value is -2.44. The van der Waals surface area contributed by atoms with Gasteiger partial charge in [0.1, 0.15) is 5.82 Å². The maximum absolute atomic E-state index is 13.1. The molecule has 0 unspecified atom stereocenters. The molecule has 3 rings (SSSR count). The van der Waals surface area contributed by atoms with Crippen LogP contribution in [-0.4, -0.2) is 31.2 Å². The SMILES string of the molecule is Nc1ccc(N2CCN(c3ccccc3C(F)(F)F)CC2)nc1. The fourth-order valence-electron chi connectivity index (χ4n) is 2.75. The number of nitrogen functional groups attached to an aromatic ring is 1. The van der Waals surface area contributed by atoms with E-state index in [-0.39, 0.29) is 5.69 Å². The topological polar surface area (TPSA) is 45.4 Å². The molecule has 0 saturated carbocycles.